The Kier molecular flexibility index (Phi) is 3.23. The van der Waals surface area contributed by atoms with Crippen LogP contribution in [0.5, 0.6) is 0 Å². The Labute approximate surface area is 68.9 Å². The fourth-order valence-electron chi connectivity index (χ4n) is 0.482. The van der Waals surface area contributed by atoms with Crippen LogP contribution in [0.4, 0.5) is 5.95 Å². The van der Waals surface area contributed by atoms with E-state index in [0.29, 0.717) is 5.95 Å². The summed E-state index contributed by atoms with van der Waals surface area (Å²) >= 11 is 0. The van der Waals surface area contributed by atoms with Crippen molar-refractivity contribution in [3.63, 3.8) is 0 Å². The maximum absolute atomic E-state index is 5.11. The maximum Gasteiger partial charge on any atom is 0.197 e. The van der Waals surface area contributed by atoms with Gasteiger partial charge in [-0.2, -0.15) is 0 Å². The number of aromatic amines is 1. The molecule has 2 rings (SSSR count). The molecule has 2 heterocycles. The molecule has 6 nitrogen and oxygen atoms in total. The molecule has 0 spiro atoms. The van der Waals surface area contributed by atoms with E-state index in [-0.39, 0.29) is 0 Å². The third-order valence-corrected chi connectivity index (χ3v) is 0.928. The summed E-state index contributed by atoms with van der Waals surface area (Å²) in [6, 6.07) is 1.72. The fourth-order valence-corrected chi connectivity index (χ4v) is 0.482. The second-order valence-corrected chi connectivity index (χ2v) is 1.79. The van der Waals surface area contributed by atoms with Gasteiger partial charge in [-0.15, -0.1) is 10.2 Å². The van der Waals surface area contributed by atoms with Crippen LogP contribution in [0.15, 0.2) is 30.9 Å². The monoisotopic (exact) mass is 164 g/mol. The van der Waals surface area contributed by atoms with E-state index >= 15 is 0 Å². The molecule has 12 heavy (non-hydrogen) atoms. The minimum absolute atomic E-state index is 0.468. The highest BCUT2D eigenvalue weighted by molar-refractivity contribution is 5.11. The zero-order chi connectivity index (χ0) is 8.65. The highest BCUT2D eigenvalue weighted by Crippen LogP contribution is 1.81. The predicted octanol–water partition coefficient (Wildman–Crippen LogP) is -0.137. The van der Waals surface area contributed by atoms with Crippen molar-refractivity contribution in [3.8, 4) is 0 Å². The Morgan fingerprint density at radius 2 is 1.92 bits per heavy atom. The lowest BCUT2D eigenvalue weighted by atomic mass is 10.7. The molecule has 62 valence electrons. The second kappa shape index (κ2) is 4.78. The lowest BCUT2D eigenvalue weighted by Crippen LogP contribution is -1.83. The number of nitrogen functional groups attached to an aromatic ring is 1. The number of aromatic nitrogens is 5. The quantitative estimate of drug-likeness (QED) is 0.565. The topological polar surface area (TPSA) is 93.4 Å². The molecule has 0 aromatic carbocycles. The van der Waals surface area contributed by atoms with Crippen molar-refractivity contribution in [3.05, 3.63) is 30.9 Å². The standard InChI is InChI=1S/C3H5N3.C3H3N3/c4-3-5-1-2-6-3;1-2-4-6-5-3-1/h1-2H,(H3,4,5,6);1-3H. The van der Waals surface area contributed by atoms with Crippen LogP contribution in [-0.2, 0) is 0 Å². The number of nitrogens with one attached hydrogen (secondary N) is 1. The first-order chi connectivity index (χ1) is 5.89. The van der Waals surface area contributed by atoms with Crippen LogP contribution in [0.25, 0.3) is 0 Å². The van der Waals surface area contributed by atoms with Crippen LogP contribution in [0.2, 0.25) is 0 Å². The summed E-state index contributed by atoms with van der Waals surface area (Å²) in [5, 5.41) is 10.1. The maximum atomic E-state index is 5.11. The van der Waals surface area contributed by atoms with Gasteiger partial charge in [0.05, 0.1) is 12.4 Å². The minimum Gasteiger partial charge on any atom is -0.369 e. The first kappa shape index (κ1) is 8.12. The smallest absolute Gasteiger partial charge is 0.197 e. The van der Waals surface area contributed by atoms with Crippen molar-refractivity contribution in [2.75, 3.05) is 5.73 Å². The summed E-state index contributed by atoms with van der Waals surface area (Å²) in [6.07, 6.45) is 6.44. The zero-order valence-corrected chi connectivity index (χ0v) is 6.25. The third kappa shape index (κ3) is 3.25. The molecule has 0 aliphatic carbocycles. The van der Waals surface area contributed by atoms with Crippen LogP contribution < -0.4 is 5.73 Å². The third-order valence-electron chi connectivity index (χ3n) is 0.928. The van der Waals surface area contributed by atoms with Crippen molar-refractivity contribution in [1.82, 2.24) is 25.4 Å². The summed E-state index contributed by atoms with van der Waals surface area (Å²) < 4.78 is 0. The van der Waals surface area contributed by atoms with Crippen molar-refractivity contribution >= 4 is 5.95 Å². The van der Waals surface area contributed by atoms with E-state index in [1.54, 1.807) is 30.9 Å². The van der Waals surface area contributed by atoms with Gasteiger partial charge in [0.25, 0.3) is 0 Å². The van der Waals surface area contributed by atoms with Gasteiger partial charge in [0.2, 0.25) is 0 Å². The van der Waals surface area contributed by atoms with Gasteiger partial charge >= 0.3 is 0 Å². The number of anilines is 1. The first-order valence-electron chi connectivity index (χ1n) is 3.23. The number of imidazole rings is 1. The van der Waals surface area contributed by atoms with E-state index < -0.39 is 0 Å². The lowest BCUT2D eigenvalue weighted by Gasteiger charge is -1.70. The molecule has 2 aromatic rings. The van der Waals surface area contributed by atoms with Gasteiger partial charge in [-0.1, -0.05) is 0 Å². The molecule has 0 atom stereocenters. The zero-order valence-electron chi connectivity index (χ0n) is 6.25. The molecule has 2 aromatic heterocycles. The normalized spacial score (nSPS) is 8.33. The van der Waals surface area contributed by atoms with Crippen molar-refractivity contribution in [2.24, 2.45) is 0 Å². The number of hydrogen-bond acceptors (Lipinski definition) is 5. The molecular formula is C6H8N6. The number of nitrogens with two attached hydrogens (primary N) is 1. The molecule has 6 heteroatoms. The number of rotatable bonds is 0. The molecule has 0 bridgehead atoms. The van der Waals surface area contributed by atoms with E-state index in [1.165, 1.54) is 0 Å². The largest absolute Gasteiger partial charge is 0.369 e. The molecule has 0 fully saturated rings. The highest BCUT2D eigenvalue weighted by atomic mass is 15.3. The Morgan fingerprint density at radius 1 is 1.17 bits per heavy atom. The van der Waals surface area contributed by atoms with Crippen LogP contribution >= 0.6 is 0 Å². The summed E-state index contributed by atoms with van der Waals surface area (Å²) in [4.78, 5) is 6.31. The van der Waals surface area contributed by atoms with E-state index in [1.807, 2.05) is 0 Å². The van der Waals surface area contributed by atoms with E-state index in [4.69, 9.17) is 5.73 Å². The number of hydrogen-bond donors (Lipinski definition) is 2. The van der Waals surface area contributed by atoms with Crippen molar-refractivity contribution in [2.45, 2.75) is 0 Å². The van der Waals surface area contributed by atoms with E-state index in [0.717, 1.165) is 0 Å². The summed E-state index contributed by atoms with van der Waals surface area (Å²) in [5.41, 5.74) is 5.11. The molecule has 0 amide bonds. The Morgan fingerprint density at radius 3 is 2.08 bits per heavy atom. The Balaban J connectivity index is 0.000000120. The average Bonchev–Trinajstić information content (AvgIpc) is 2.60. The van der Waals surface area contributed by atoms with Crippen LogP contribution in [0.1, 0.15) is 0 Å². The molecule has 0 aliphatic heterocycles. The van der Waals surface area contributed by atoms with Gasteiger partial charge in [0, 0.05) is 12.4 Å². The van der Waals surface area contributed by atoms with Gasteiger partial charge < -0.3 is 10.7 Å². The molecule has 3 N–H and O–H groups in total. The Hall–Kier alpha value is -1.98. The number of H-pyrrole nitrogens is 1. The molecule has 0 saturated carbocycles. The van der Waals surface area contributed by atoms with Gasteiger partial charge in [0.1, 0.15) is 0 Å². The van der Waals surface area contributed by atoms with Gasteiger partial charge in [-0.05, 0) is 11.3 Å². The Bertz CT molecular complexity index is 251. The first-order valence-corrected chi connectivity index (χ1v) is 3.23. The van der Waals surface area contributed by atoms with Gasteiger partial charge in [-0.3, -0.25) is 0 Å². The average molecular weight is 164 g/mol. The summed E-state index contributed by atoms with van der Waals surface area (Å²) in [7, 11) is 0. The van der Waals surface area contributed by atoms with Crippen molar-refractivity contribution < 1.29 is 0 Å². The van der Waals surface area contributed by atoms with Gasteiger partial charge in [0.15, 0.2) is 5.95 Å². The number of nitrogens with zero attached hydrogens (tertiary/aromatic N) is 4. The molecule has 0 unspecified atom stereocenters. The van der Waals surface area contributed by atoms with E-state index in [2.05, 4.69) is 25.4 Å². The minimum atomic E-state index is 0.468. The summed E-state index contributed by atoms with van der Waals surface area (Å²) in [5.74, 6) is 0.468. The molecular weight excluding hydrogens is 156 g/mol. The van der Waals surface area contributed by atoms with E-state index in [9.17, 15) is 0 Å². The van der Waals surface area contributed by atoms with Crippen molar-refractivity contribution in [1.29, 1.82) is 0 Å². The second-order valence-electron chi connectivity index (χ2n) is 1.79. The predicted molar refractivity (Wildman–Crippen MR) is 42.8 cm³/mol. The van der Waals surface area contributed by atoms with Gasteiger partial charge in [-0.25, -0.2) is 4.98 Å². The van der Waals surface area contributed by atoms with Crippen LogP contribution in [0, 0.1) is 0 Å². The van der Waals surface area contributed by atoms with Crippen LogP contribution in [0.3, 0.4) is 0 Å². The SMILES string of the molecule is Nc1ncc[nH]1.c1cnnnc1. The summed E-state index contributed by atoms with van der Waals surface area (Å²) in [6.45, 7) is 0. The molecule has 0 radical (unpaired) electrons. The van der Waals surface area contributed by atoms with Crippen LogP contribution in [-0.4, -0.2) is 25.4 Å². The molecule has 0 saturated heterocycles. The highest BCUT2D eigenvalue weighted by Gasteiger charge is 1.74. The lowest BCUT2D eigenvalue weighted by molar-refractivity contribution is 0.865. The fraction of sp³-hybridized carbons (Fsp3) is 0. The molecule has 0 aliphatic rings.